The van der Waals surface area contributed by atoms with Gasteiger partial charge in [-0.1, -0.05) is 104 Å². The molecule has 0 bridgehead atoms. The molecule has 0 fully saturated rings. The summed E-state index contributed by atoms with van der Waals surface area (Å²) in [7, 11) is -4.14. The number of furan rings is 1. The summed E-state index contributed by atoms with van der Waals surface area (Å²) < 4.78 is 47.9. The number of carbonyl (C=O) groups is 1. The Bertz CT molecular complexity index is 2070. The highest BCUT2D eigenvalue weighted by molar-refractivity contribution is 7.89. The van der Waals surface area contributed by atoms with Crippen LogP contribution in [-0.2, 0) is 27.7 Å². The highest BCUT2D eigenvalue weighted by Gasteiger charge is 2.35. The second-order valence-electron chi connectivity index (χ2n) is 11.1. The monoisotopic (exact) mass is 633 g/mol. The summed E-state index contributed by atoms with van der Waals surface area (Å²) in [6.45, 7) is 1.56. The van der Waals surface area contributed by atoms with Crippen LogP contribution in [0.2, 0.25) is 0 Å². The number of sulfonamides is 1. The van der Waals surface area contributed by atoms with Gasteiger partial charge in [-0.25, -0.2) is 12.8 Å². The number of rotatable bonds is 11. The molecule has 1 unspecified atom stereocenters. The third-order valence-electron chi connectivity index (χ3n) is 8.13. The van der Waals surface area contributed by atoms with Crippen LogP contribution in [0.25, 0.3) is 33.2 Å². The van der Waals surface area contributed by atoms with Gasteiger partial charge in [0.25, 0.3) is 0 Å². The van der Waals surface area contributed by atoms with Crippen LogP contribution in [0.1, 0.15) is 23.8 Å². The van der Waals surface area contributed by atoms with E-state index in [1.807, 2.05) is 60.7 Å². The van der Waals surface area contributed by atoms with Crippen molar-refractivity contribution < 1.29 is 27.1 Å². The summed E-state index contributed by atoms with van der Waals surface area (Å²) >= 11 is 0. The van der Waals surface area contributed by atoms with Crippen molar-refractivity contribution in [1.82, 2.24) is 4.31 Å². The van der Waals surface area contributed by atoms with Crippen molar-refractivity contribution in [1.29, 1.82) is 0 Å². The maximum Gasteiger partial charge on any atom is 0.322 e. The lowest BCUT2D eigenvalue weighted by Gasteiger charge is -2.27. The maximum atomic E-state index is 13.6. The van der Waals surface area contributed by atoms with E-state index in [1.54, 1.807) is 19.1 Å². The maximum absolute atomic E-state index is 13.6. The number of fused-ring (bicyclic) bond motifs is 1. The predicted molar refractivity (Wildman–Crippen MR) is 177 cm³/mol. The molecule has 0 aliphatic heterocycles. The Hall–Kier alpha value is -5.05. The summed E-state index contributed by atoms with van der Waals surface area (Å²) in [5.41, 5.74) is 6.28. The first kappa shape index (κ1) is 31.0. The molecule has 1 aromatic heterocycles. The zero-order valence-corrected chi connectivity index (χ0v) is 26.0. The smallest absolute Gasteiger partial charge is 0.322 e. The third kappa shape index (κ3) is 6.36. The predicted octanol–water partition coefficient (Wildman–Crippen LogP) is 8.20. The number of carboxylic acids is 1. The van der Waals surface area contributed by atoms with E-state index in [0.717, 1.165) is 48.9 Å². The molecule has 6 aromatic rings. The van der Waals surface area contributed by atoms with Crippen LogP contribution in [-0.4, -0.2) is 36.4 Å². The van der Waals surface area contributed by atoms with Crippen molar-refractivity contribution in [3.8, 4) is 22.3 Å². The van der Waals surface area contributed by atoms with E-state index < -0.39 is 27.9 Å². The molecule has 0 aliphatic carbocycles. The van der Waals surface area contributed by atoms with Crippen molar-refractivity contribution in [3.05, 3.63) is 150 Å². The number of likely N-dealkylation sites (N-methyl/N-ethyl adjacent to an activating group) is 1. The first-order chi connectivity index (χ1) is 22.2. The molecule has 0 saturated heterocycles. The van der Waals surface area contributed by atoms with Crippen LogP contribution in [0.5, 0.6) is 0 Å². The second-order valence-corrected chi connectivity index (χ2v) is 12.9. The van der Waals surface area contributed by atoms with Gasteiger partial charge in [0.05, 0.1) is 4.90 Å². The Morgan fingerprint density at radius 3 is 1.98 bits per heavy atom. The van der Waals surface area contributed by atoms with Gasteiger partial charge in [0.2, 0.25) is 10.0 Å². The molecule has 0 radical (unpaired) electrons. The lowest BCUT2D eigenvalue weighted by molar-refractivity contribution is -0.141. The fraction of sp³-hybridized carbons (Fsp3) is 0.132. The van der Waals surface area contributed by atoms with Gasteiger partial charge in [-0.3, -0.25) is 4.79 Å². The van der Waals surface area contributed by atoms with E-state index in [1.165, 1.54) is 36.4 Å². The van der Waals surface area contributed by atoms with Gasteiger partial charge in [-0.05, 0) is 64.6 Å². The number of benzene rings is 5. The number of carboxylic acid groups (broad SMARTS) is 1. The van der Waals surface area contributed by atoms with E-state index in [0.29, 0.717) is 12.0 Å². The van der Waals surface area contributed by atoms with Gasteiger partial charge in [-0.2, -0.15) is 4.31 Å². The van der Waals surface area contributed by atoms with E-state index in [9.17, 15) is 22.7 Å². The van der Waals surface area contributed by atoms with Crippen LogP contribution in [0.3, 0.4) is 0 Å². The standard InChI is InChI=1S/C38H32FNO5S/c1-2-40(34(38(41)42)24-27-12-20-31(39)21-13-27)46(43,44)32-22-18-29(19-23-32)28-14-16-30(17-15-28)37-33-10-6-7-11-35(33)45-36(37)25-26-8-4-3-5-9-26/h3-23,34H,2,24-25H2,1H3,(H,41,42). The first-order valence-corrected chi connectivity index (χ1v) is 16.4. The minimum atomic E-state index is -4.14. The second kappa shape index (κ2) is 13.1. The van der Waals surface area contributed by atoms with Gasteiger partial charge >= 0.3 is 5.97 Å². The number of nitrogens with zero attached hydrogens (tertiary/aromatic N) is 1. The SMILES string of the molecule is CCN(C(Cc1ccc(F)cc1)C(=O)O)S(=O)(=O)c1ccc(-c2ccc(-c3c(Cc4ccccc4)oc4ccccc34)cc2)cc1. The molecule has 1 heterocycles. The van der Waals surface area contributed by atoms with E-state index in [4.69, 9.17) is 4.42 Å². The summed E-state index contributed by atoms with van der Waals surface area (Å²) in [4.78, 5) is 12.2. The normalized spacial score (nSPS) is 12.4. The number of aliphatic carboxylic acids is 1. The van der Waals surface area contributed by atoms with Crippen molar-refractivity contribution in [2.45, 2.75) is 30.7 Å². The van der Waals surface area contributed by atoms with E-state index in [-0.39, 0.29) is 17.9 Å². The highest BCUT2D eigenvalue weighted by atomic mass is 32.2. The fourth-order valence-electron chi connectivity index (χ4n) is 5.82. The lowest BCUT2D eigenvalue weighted by Crippen LogP contribution is -2.46. The summed E-state index contributed by atoms with van der Waals surface area (Å²) in [5.74, 6) is -0.842. The highest BCUT2D eigenvalue weighted by Crippen LogP contribution is 2.37. The van der Waals surface area contributed by atoms with Crippen molar-refractivity contribution in [2.75, 3.05) is 6.54 Å². The molecule has 1 N–H and O–H groups in total. The van der Waals surface area contributed by atoms with Crippen LogP contribution in [0.4, 0.5) is 4.39 Å². The average molecular weight is 634 g/mol. The topological polar surface area (TPSA) is 87.8 Å². The molecule has 1 atom stereocenters. The van der Waals surface area contributed by atoms with Crippen LogP contribution in [0, 0.1) is 5.82 Å². The molecule has 0 aliphatic rings. The van der Waals surface area contributed by atoms with Crippen molar-refractivity contribution >= 4 is 27.0 Å². The Morgan fingerprint density at radius 2 is 1.35 bits per heavy atom. The summed E-state index contributed by atoms with van der Waals surface area (Å²) in [6, 6.07) is 36.7. The van der Waals surface area contributed by atoms with Crippen molar-refractivity contribution in [2.24, 2.45) is 0 Å². The molecule has 5 aromatic carbocycles. The van der Waals surface area contributed by atoms with Crippen LogP contribution >= 0.6 is 0 Å². The number of hydrogen-bond donors (Lipinski definition) is 1. The van der Waals surface area contributed by atoms with Gasteiger partial charge in [0.1, 0.15) is 23.2 Å². The number of hydrogen-bond acceptors (Lipinski definition) is 4. The Morgan fingerprint density at radius 1 is 0.761 bits per heavy atom. The molecule has 0 saturated carbocycles. The van der Waals surface area contributed by atoms with E-state index >= 15 is 0 Å². The lowest BCUT2D eigenvalue weighted by atomic mass is 9.96. The molecular formula is C38H32FNO5S. The van der Waals surface area contributed by atoms with Gasteiger partial charge in [-0.15, -0.1) is 0 Å². The number of para-hydroxylation sites is 1. The zero-order chi connectivity index (χ0) is 32.3. The minimum Gasteiger partial charge on any atom is -0.480 e. The fourth-order valence-corrected chi connectivity index (χ4v) is 7.41. The molecule has 6 nitrogen and oxygen atoms in total. The van der Waals surface area contributed by atoms with Crippen molar-refractivity contribution in [3.63, 3.8) is 0 Å². The molecule has 0 amide bonds. The molecule has 6 rings (SSSR count). The molecule has 0 spiro atoms. The third-order valence-corrected chi connectivity index (χ3v) is 10.1. The average Bonchev–Trinajstić information content (AvgIpc) is 3.43. The first-order valence-electron chi connectivity index (χ1n) is 15.0. The van der Waals surface area contributed by atoms with Crippen LogP contribution < -0.4 is 0 Å². The quantitative estimate of drug-likeness (QED) is 0.155. The molecular weight excluding hydrogens is 601 g/mol. The Balaban J connectivity index is 1.26. The molecule has 46 heavy (non-hydrogen) atoms. The number of halogens is 1. The molecule has 232 valence electrons. The van der Waals surface area contributed by atoms with Gasteiger partial charge in [0, 0.05) is 23.9 Å². The molecule has 8 heteroatoms. The van der Waals surface area contributed by atoms with Crippen LogP contribution in [0.15, 0.2) is 137 Å². The van der Waals surface area contributed by atoms with Gasteiger partial charge in [0.15, 0.2) is 0 Å². The largest absolute Gasteiger partial charge is 0.480 e. The minimum absolute atomic E-state index is 0.00417. The zero-order valence-electron chi connectivity index (χ0n) is 25.1. The summed E-state index contributed by atoms with van der Waals surface area (Å²) in [6.07, 6.45) is 0.566. The summed E-state index contributed by atoms with van der Waals surface area (Å²) in [5, 5.41) is 11.0. The Labute approximate surface area is 267 Å². The Kier molecular flexibility index (Phi) is 8.83. The van der Waals surface area contributed by atoms with E-state index in [2.05, 4.69) is 18.2 Å². The van der Waals surface area contributed by atoms with Gasteiger partial charge < -0.3 is 9.52 Å².